The largest absolute Gasteiger partial charge is 0.460 e. The molecule has 4 aromatic rings. The molecule has 2 aromatic carbocycles. The molecule has 142 valence electrons. The average Bonchev–Trinajstić information content (AvgIpc) is 3.28. The number of rotatable bonds is 7. The summed E-state index contributed by atoms with van der Waals surface area (Å²) in [5, 5.41) is 13.2. The molecule has 0 aliphatic heterocycles. The van der Waals surface area contributed by atoms with E-state index in [-0.39, 0.29) is 12.5 Å². The first-order valence-corrected chi connectivity index (χ1v) is 9.37. The molecule has 2 heterocycles. The third-order valence-electron chi connectivity index (χ3n) is 4.56. The first-order chi connectivity index (χ1) is 13.8. The van der Waals surface area contributed by atoms with Crippen LogP contribution in [0.2, 0.25) is 0 Å². The Morgan fingerprint density at radius 2 is 2.04 bits per heavy atom. The number of nitrogens with zero attached hydrogens (tertiary/aromatic N) is 4. The van der Waals surface area contributed by atoms with Gasteiger partial charge in [-0.15, -0.1) is 5.10 Å². The molecule has 7 nitrogen and oxygen atoms in total. The van der Waals surface area contributed by atoms with Gasteiger partial charge < -0.3 is 4.42 Å². The Kier molecular flexibility index (Phi) is 5.14. The van der Waals surface area contributed by atoms with Crippen LogP contribution in [0.15, 0.2) is 58.0 Å². The fourth-order valence-electron chi connectivity index (χ4n) is 3.15. The number of para-hydroxylation sites is 2. The van der Waals surface area contributed by atoms with E-state index in [4.69, 9.17) is 4.42 Å². The molecular weight excluding hydrogens is 354 g/mol. The topological polar surface area (TPSA) is 85.3 Å². The monoisotopic (exact) mass is 375 g/mol. The van der Waals surface area contributed by atoms with Crippen LogP contribution in [0.3, 0.4) is 0 Å². The van der Waals surface area contributed by atoms with Crippen molar-refractivity contribution < 1.29 is 9.21 Å². The first kappa shape index (κ1) is 17.9. The fourth-order valence-corrected chi connectivity index (χ4v) is 3.15. The molecular formula is C21H21N5O2. The van der Waals surface area contributed by atoms with Crippen LogP contribution in [0, 0.1) is 0 Å². The molecule has 0 unspecified atom stereocenters. The van der Waals surface area contributed by atoms with E-state index in [1.54, 1.807) is 10.9 Å². The van der Waals surface area contributed by atoms with Crippen LogP contribution in [0.4, 0.5) is 0 Å². The van der Waals surface area contributed by atoms with Crippen molar-refractivity contribution in [2.24, 2.45) is 5.10 Å². The fraction of sp³-hybridized carbons (Fsp3) is 0.238. The quantitative estimate of drug-likeness (QED) is 0.394. The van der Waals surface area contributed by atoms with Crippen molar-refractivity contribution in [2.45, 2.75) is 32.7 Å². The van der Waals surface area contributed by atoms with E-state index in [1.807, 2.05) is 48.5 Å². The Morgan fingerprint density at radius 3 is 2.93 bits per heavy atom. The maximum Gasteiger partial charge on any atom is 0.261 e. The van der Waals surface area contributed by atoms with Gasteiger partial charge in [0.2, 0.25) is 0 Å². The number of hydrogen-bond donors (Lipinski definition) is 1. The second-order valence-electron chi connectivity index (χ2n) is 6.57. The van der Waals surface area contributed by atoms with Gasteiger partial charge in [0.15, 0.2) is 0 Å². The number of amides is 1. The summed E-state index contributed by atoms with van der Waals surface area (Å²) in [6.45, 7) is 2.19. The van der Waals surface area contributed by atoms with Gasteiger partial charge in [-0.1, -0.05) is 48.9 Å². The summed E-state index contributed by atoms with van der Waals surface area (Å²) < 4.78 is 7.52. The number of carbonyl (C=O) groups excluding carboxylic acids is 1. The van der Waals surface area contributed by atoms with Crippen molar-refractivity contribution in [1.29, 1.82) is 0 Å². The molecule has 28 heavy (non-hydrogen) atoms. The van der Waals surface area contributed by atoms with Gasteiger partial charge in [-0.2, -0.15) is 5.10 Å². The third kappa shape index (κ3) is 3.64. The number of fused-ring (bicyclic) bond motifs is 2. The highest BCUT2D eigenvalue weighted by atomic mass is 16.3. The average molecular weight is 375 g/mol. The maximum absolute atomic E-state index is 12.3. The second-order valence-corrected chi connectivity index (χ2v) is 6.57. The zero-order valence-electron chi connectivity index (χ0n) is 15.6. The Bertz CT molecular complexity index is 1140. The Balaban J connectivity index is 1.49. The predicted molar refractivity (Wildman–Crippen MR) is 108 cm³/mol. The van der Waals surface area contributed by atoms with Crippen LogP contribution in [0.5, 0.6) is 0 Å². The normalized spacial score (nSPS) is 11.6. The SMILES string of the molecule is CCCCc1oc2ccccc2c1/C=N\NC(=O)Cn1nnc2ccccc21. The minimum absolute atomic E-state index is 0.0483. The molecule has 1 N–H and O–H groups in total. The van der Waals surface area contributed by atoms with Gasteiger partial charge >= 0.3 is 0 Å². The van der Waals surface area contributed by atoms with Crippen LogP contribution in [-0.4, -0.2) is 27.1 Å². The van der Waals surface area contributed by atoms with E-state index in [1.165, 1.54) is 0 Å². The van der Waals surface area contributed by atoms with E-state index in [0.29, 0.717) is 0 Å². The van der Waals surface area contributed by atoms with Crippen molar-refractivity contribution in [3.63, 3.8) is 0 Å². The number of benzene rings is 2. The molecule has 0 radical (unpaired) electrons. The molecule has 4 rings (SSSR count). The number of unbranched alkanes of at least 4 members (excludes halogenated alkanes) is 1. The highest BCUT2D eigenvalue weighted by molar-refractivity contribution is 5.99. The number of furan rings is 1. The molecule has 0 spiro atoms. The Morgan fingerprint density at radius 1 is 1.21 bits per heavy atom. The highest BCUT2D eigenvalue weighted by Gasteiger charge is 2.12. The van der Waals surface area contributed by atoms with Crippen LogP contribution < -0.4 is 5.43 Å². The Labute approximate surface area is 162 Å². The summed E-state index contributed by atoms with van der Waals surface area (Å²) in [5.74, 6) is 0.623. The first-order valence-electron chi connectivity index (χ1n) is 9.37. The molecule has 0 aliphatic rings. The van der Waals surface area contributed by atoms with Crippen LogP contribution >= 0.6 is 0 Å². The summed E-state index contributed by atoms with van der Waals surface area (Å²) in [6.07, 6.45) is 4.61. The standard InChI is InChI=1S/C21H21N5O2/c1-2-3-11-20-16(15-8-4-7-12-19(15)28-20)13-22-24-21(27)14-26-18-10-6-5-9-17(18)23-25-26/h4-10,12-13H,2-3,11,14H2,1H3,(H,24,27)/b22-13-. The summed E-state index contributed by atoms with van der Waals surface area (Å²) in [7, 11) is 0. The van der Waals surface area contributed by atoms with Gasteiger partial charge in [0.1, 0.15) is 23.4 Å². The molecule has 0 atom stereocenters. The minimum Gasteiger partial charge on any atom is -0.460 e. The molecule has 1 amide bonds. The lowest BCUT2D eigenvalue weighted by Crippen LogP contribution is -2.23. The van der Waals surface area contributed by atoms with Crippen LogP contribution in [0.25, 0.3) is 22.0 Å². The van der Waals surface area contributed by atoms with Crippen molar-refractivity contribution in [3.8, 4) is 0 Å². The van der Waals surface area contributed by atoms with Gasteiger partial charge in [0.25, 0.3) is 5.91 Å². The molecule has 2 aromatic heterocycles. The molecule has 7 heteroatoms. The molecule has 0 fully saturated rings. The van der Waals surface area contributed by atoms with Gasteiger partial charge in [0, 0.05) is 17.4 Å². The number of aryl methyl sites for hydroxylation is 1. The Hall–Kier alpha value is -3.48. The smallest absolute Gasteiger partial charge is 0.261 e. The number of carbonyl (C=O) groups is 1. The molecule has 0 aliphatic carbocycles. The molecule has 0 bridgehead atoms. The lowest BCUT2D eigenvalue weighted by molar-refractivity contribution is -0.121. The van der Waals surface area contributed by atoms with E-state index >= 15 is 0 Å². The number of nitrogens with one attached hydrogen (secondary N) is 1. The van der Waals surface area contributed by atoms with Crippen molar-refractivity contribution in [1.82, 2.24) is 20.4 Å². The summed E-state index contributed by atoms with van der Waals surface area (Å²) >= 11 is 0. The van der Waals surface area contributed by atoms with Crippen molar-refractivity contribution >= 4 is 34.1 Å². The lowest BCUT2D eigenvalue weighted by Gasteiger charge is -2.01. The zero-order valence-corrected chi connectivity index (χ0v) is 15.6. The highest BCUT2D eigenvalue weighted by Crippen LogP contribution is 2.25. The maximum atomic E-state index is 12.3. The summed E-state index contributed by atoms with van der Waals surface area (Å²) in [4.78, 5) is 12.3. The zero-order chi connectivity index (χ0) is 19.3. The van der Waals surface area contributed by atoms with Gasteiger partial charge in [-0.3, -0.25) is 4.79 Å². The van der Waals surface area contributed by atoms with Gasteiger partial charge in [-0.05, 0) is 24.6 Å². The molecule has 0 saturated carbocycles. The predicted octanol–water partition coefficient (Wildman–Crippen LogP) is 3.67. The van der Waals surface area contributed by atoms with Crippen LogP contribution in [0.1, 0.15) is 31.1 Å². The number of hydrogen-bond acceptors (Lipinski definition) is 5. The number of hydrazone groups is 1. The van der Waals surface area contributed by atoms with Crippen molar-refractivity contribution in [3.05, 3.63) is 59.9 Å². The second kappa shape index (κ2) is 8.04. The van der Waals surface area contributed by atoms with E-state index in [0.717, 1.165) is 52.6 Å². The summed E-state index contributed by atoms with van der Waals surface area (Å²) in [6, 6.07) is 15.4. The third-order valence-corrected chi connectivity index (χ3v) is 4.56. The number of aromatic nitrogens is 3. The van der Waals surface area contributed by atoms with Crippen LogP contribution in [-0.2, 0) is 17.8 Å². The van der Waals surface area contributed by atoms with Crippen molar-refractivity contribution in [2.75, 3.05) is 0 Å². The molecule has 0 saturated heterocycles. The minimum atomic E-state index is -0.269. The van der Waals surface area contributed by atoms with Gasteiger partial charge in [0.05, 0.1) is 11.7 Å². The van der Waals surface area contributed by atoms with E-state index in [9.17, 15) is 4.79 Å². The van der Waals surface area contributed by atoms with Gasteiger partial charge in [-0.25, -0.2) is 10.1 Å². The summed E-state index contributed by atoms with van der Waals surface area (Å²) in [5.41, 5.74) is 5.88. The van der Waals surface area contributed by atoms with E-state index < -0.39 is 0 Å². The lowest BCUT2D eigenvalue weighted by atomic mass is 10.1. The van der Waals surface area contributed by atoms with E-state index in [2.05, 4.69) is 27.8 Å².